The fraction of sp³-hybridized carbons (Fsp3) is 0.381. The molecule has 1 fully saturated rings. The zero-order valence-corrected chi connectivity index (χ0v) is 15.4. The maximum atomic E-state index is 9.64. The molecule has 4 rings (SSSR count). The van der Waals surface area contributed by atoms with E-state index in [1.54, 1.807) is 0 Å². The lowest BCUT2D eigenvalue weighted by atomic mass is 10.0. The van der Waals surface area contributed by atoms with E-state index < -0.39 is 0 Å². The van der Waals surface area contributed by atoms with Gasteiger partial charge in [0, 0.05) is 31.7 Å². The Bertz CT molecular complexity index is 824. The first-order valence-corrected chi connectivity index (χ1v) is 9.14. The van der Waals surface area contributed by atoms with Gasteiger partial charge in [0.2, 0.25) is 0 Å². The molecule has 0 atom stereocenters. The standard InChI is InChI=1S/C21H25N3O2/c1-21(2,15-25)24-13-11-23(12-14-24)20-16-7-3-5-9-18(16)26-19-10-6-4-8-17(19)22-20/h3-10,25H,11-15H2,1-2H3. The number of para-hydroxylation sites is 3. The summed E-state index contributed by atoms with van der Waals surface area (Å²) in [5, 5.41) is 9.64. The van der Waals surface area contributed by atoms with Gasteiger partial charge in [-0.05, 0) is 38.1 Å². The van der Waals surface area contributed by atoms with E-state index in [2.05, 4.69) is 29.7 Å². The lowest BCUT2D eigenvalue weighted by Gasteiger charge is -2.44. The normalized spacial score (nSPS) is 17.7. The molecule has 136 valence electrons. The van der Waals surface area contributed by atoms with E-state index in [-0.39, 0.29) is 12.1 Å². The first kappa shape index (κ1) is 17.1. The van der Waals surface area contributed by atoms with Crippen LogP contribution in [-0.4, -0.2) is 59.1 Å². The van der Waals surface area contributed by atoms with Crippen LogP contribution in [0.2, 0.25) is 0 Å². The number of hydrogen-bond donors (Lipinski definition) is 1. The molecule has 2 aliphatic rings. The van der Waals surface area contributed by atoms with Gasteiger partial charge in [-0.15, -0.1) is 0 Å². The van der Waals surface area contributed by atoms with Crippen molar-refractivity contribution in [1.82, 2.24) is 9.80 Å². The van der Waals surface area contributed by atoms with Gasteiger partial charge in [-0.1, -0.05) is 24.3 Å². The highest BCUT2D eigenvalue weighted by Gasteiger charge is 2.31. The molecule has 0 spiro atoms. The lowest BCUT2D eigenvalue weighted by Crippen LogP contribution is -2.57. The highest BCUT2D eigenvalue weighted by Crippen LogP contribution is 2.38. The van der Waals surface area contributed by atoms with Crippen LogP contribution in [0.1, 0.15) is 19.4 Å². The van der Waals surface area contributed by atoms with Gasteiger partial charge in [0.15, 0.2) is 5.75 Å². The zero-order valence-electron chi connectivity index (χ0n) is 15.4. The smallest absolute Gasteiger partial charge is 0.153 e. The van der Waals surface area contributed by atoms with Gasteiger partial charge in [0.1, 0.15) is 17.3 Å². The number of aliphatic imine (C=N–C) groups is 1. The Morgan fingerprint density at radius 2 is 1.62 bits per heavy atom. The number of aliphatic hydroxyl groups excluding tert-OH is 1. The van der Waals surface area contributed by atoms with E-state index in [9.17, 15) is 5.11 Å². The number of aliphatic hydroxyl groups is 1. The molecular weight excluding hydrogens is 326 g/mol. The molecule has 0 aromatic heterocycles. The van der Waals surface area contributed by atoms with Crippen molar-refractivity contribution in [1.29, 1.82) is 0 Å². The maximum Gasteiger partial charge on any atom is 0.153 e. The Kier molecular flexibility index (Phi) is 4.42. The summed E-state index contributed by atoms with van der Waals surface area (Å²) in [5.74, 6) is 2.59. The van der Waals surface area contributed by atoms with E-state index in [1.807, 2.05) is 42.5 Å². The van der Waals surface area contributed by atoms with E-state index in [0.717, 1.165) is 54.8 Å². The second kappa shape index (κ2) is 6.74. The van der Waals surface area contributed by atoms with Crippen LogP contribution in [0, 0.1) is 0 Å². The topological polar surface area (TPSA) is 48.3 Å². The lowest BCUT2D eigenvalue weighted by molar-refractivity contribution is 0.0312. The van der Waals surface area contributed by atoms with Gasteiger partial charge in [-0.3, -0.25) is 4.90 Å². The highest BCUT2D eigenvalue weighted by atomic mass is 16.5. The maximum absolute atomic E-state index is 9.64. The van der Waals surface area contributed by atoms with Gasteiger partial charge in [-0.2, -0.15) is 0 Å². The monoisotopic (exact) mass is 351 g/mol. The van der Waals surface area contributed by atoms with Crippen molar-refractivity contribution in [3.8, 4) is 11.5 Å². The molecule has 2 aliphatic heterocycles. The summed E-state index contributed by atoms with van der Waals surface area (Å²) >= 11 is 0. The van der Waals surface area contributed by atoms with Crippen molar-refractivity contribution in [2.75, 3.05) is 32.8 Å². The molecule has 2 aromatic rings. The fourth-order valence-corrected chi connectivity index (χ4v) is 3.53. The molecule has 0 unspecified atom stereocenters. The van der Waals surface area contributed by atoms with Crippen LogP contribution >= 0.6 is 0 Å². The molecule has 0 bridgehead atoms. The van der Waals surface area contributed by atoms with Gasteiger partial charge < -0.3 is 14.7 Å². The minimum atomic E-state index is -0.190. The summed E-state index contributed by atoms with van der Waals surface area (Å²) < 4.78 is 6.13. The summed E-state index contributed by atoms with van der Waals surface area (Å²) in [4.78, 5) is 9.63. The van der Waals surface area contributed by atoms with Crippen molar-refractivity contribution < 1.29 is 9.84 Å². The molecule has 0 amide bonds. The number of piperazine rings is 1. The summed E-state index contributed by atoms with van der Waals surface area (Å²) in [6.45, 7) is 7.89. The number of rotatable bonds is 2. The molecule has 2 aromatic carbocycles. The van der Waals surface area contributed by atoms with Crippen LogP contribution in [0.25, 0.3) is 0 Å². The predicted octanol–water partition coefficient (Wildman–Crippen LogP) is 3.26. The van der Waals surface area contributed by atoms with E-state index in [4.69, 9.17) is 9.73 Å². The number of hydrogen-bond acceptors (Lipinski definition) is 5. The van der Waals surface area contributed by atoms with Crippen LogP contribution in [0.3, 0.4) is 0 Å². The minimum absolute atomic E-state index is 0.165. The third-order valence-electron chi connectivity index (χ3n) is 5.26. The third-order valence-corrected chi connectivity index (χ3v) is 5.26. The van der Waals surface area contributed by atoms with Gasteiger partial charge in [0.05, 0.1) is 12.2 Å². The number of benzene rings is 2. The molecule has 1 saturated heterocycles. The van der Waals surface area contributed by atoms with E-state index in [0.29, 0.717) is 0 Å². The molecule has 5 nitrogen and oxygen atoms in total. The van der Waals surface area contributed by atoms with Crippen LogP contribution in [0.15, 0.2) is 53.5 Å². The Morgan fingerprint density at radius 1 is 0.962 bits per heavy atom. The summed E-state index contributed by atoms with van der Waals surface area (Å²) in [5.41, 5.74) is 1.70. The predicted molar refractivity (Wildman–Crippen MR) is 103 cm³/mol. The van der Waals surface area contributed by atoms with Crippen LogP contribution in [0.4, 0.5) is 5.69 Å². The zero-order chi connectivity index (χ0) is 18.1. The number of ether oxygens (including phenoxy) is 1. The van der Waals surface area contributed by atoms with Crippen molar-refractivity contribution in [2.24, 2.45) is 4.99 Å². The molecule has 2 heterocycles. The molecular formula is C21H25N3O2. The van der Waals surface area contributed by atoms with E-state index >= 15 is 0 Å². The molecule has 5 heteroatoms. The first-order valence-electron chi connectivity index (χ1n) is 9.14. The Hall–Kier alpha value is -2.37. The molecule has 1 N–H and O–H groups in total. The fourth-order valence-electron chi connectivity index (χ4n) is 3.53. The van der Waals surface area contributed by atoms with Crippen LogP contribution < -0.4 is 4.74 Å². The number of amidine groups is 1. The van der Waals surface area contributed by atoms with Crippen LogP contribution in [-0.2, 0) is 0 Å². The van der Waals surface area contributed by atoms with Gasteiger partial charge in [0.25, 0.3) is 0 Å². The van der Waals surface area contributed by atoms with Gasteiger partial charge >= 0.3 is 0 Å². The third kappa shape index (κ3) is 3.08. The quantitative estimate of drug-likeness (QED) is 0.902. The molecule has 26 heavy (non-hydrogen) atoms. The molecule has 0 aliphatic carbocycles. The van der Waals surface area contributed by atoms with E-state index in [1.165, 1.54) is 0 Å². The molecule has 0 radical (unpaired) electrons. The van der Waals surface area contributed by atoms with Crippen molar-refractivity contribution >= 4 is 11.5 Å². The summed E-state index contributed by atoms with van der Waals surface area (Å²) in [6, 6.07) is 16.0. The molecule has 0 saturated carbocycles. The van der Waals surface area contributed by atoms with Gasteiger partial charge in [-0.25, -0.2) is 4.99 Å². The number of fused-ring (bicyclic) bond motifs is 2. The average molecular weight is 351 g/mol. The second-order valence-corrected chi connectivity index (χ2v) is 7.45. The Balaban J connectivity index is 1.66. The van der Waals surface area contributed by atoms with Crippen molar-refractivity contribution in [3.05, 3.63) is 54.1 Å². The second-order valence-electron chi connectivity index (χ2n) is 7.45. The van der Waals surface area contributed by atoms with Crippen LogP contribution in [0.5, 0.6) is 11.5 Å². The number of nitrogens with zero attached hydrogens (tertiary/aromatic N) is 3. The van der Waals surface area contributed by atoms with Crippen molar-refractivity contribution in [2.45, 2.75) is 19.4 Å². The van der Waals surface area contributed by atoms with Crippen molar-refractivity contribution in [3.63, 3.8) is 0 Å². The minimum Gasteiger partial charge on any atom is -0.454 e. The summed E-state index contributed by atoms with van der Waals surface area (Å²) in [6.07, 6.45) is 0. The Morgan fingerprint density at radius 3 is 2.35 bits per heavy atom. The highest BCUT2D eigenvalue weighted by molar-refractivity contribution is 6.03. The summed E-state index contributed by atoms with van der Waals surface area (Å²) in [7, 11) is 0. The Labute approximate surface area is 154 Å². The SMILES string of the molecule is CC(C)(CO)N1CCN(C2=Nc3ccccc3Oc3ccccc32)CC1. The first-order chi connectivity index (χ1) is 12.6. The average Bonchev–Trinajstić information content (AvgIpc) is 2.85. The largest absolute Gasteiger partial charge is 0.454 e.